The number of likely N-dealkylation sites (tertiary alicyclic amines) is 1. The van der Waals surface area contributed by atoms with Gasteiger partial charge in [0, 0.05) is 24.1 Å². The number of hydrogen-bond acceptors (Lipinski definition) is 11. The maximum absolute atomic E-state index is 14.5. The van der Waals surface area contributed by atoms with E-state index in [4.69, 9.17) is 18.4 Å². The van der Waals surface area contributed by atoms with Gasteiger partial charge < -0.3 is 29.7 Å². The minimum atomic E-state index is -4.39. The first-order valence-electron chi connectivity index (χ1n) is 18.1. The fourth-order valence-electron chi connectivity index (χ4n) is 7.20. The zero-order chi connectivity index (χ0) is 37.4. The summed E-state index contributed by atoms with van der Waals surface area (Å²) in [6.07, 6.45) is 4.89. The van der Waals surface area contributed by atoms with Gasteiger partial charge in [0.15, 0.2) is 0 Å². The maximum atomic E-state index is 14.5. The monoisotopic (exact) mass is 743 g/mol. The van der Waals surface area contributed by atoms with Gasteiger partial charge >= 0.3 is 16.4 Å². The van der Waals surface area contributed by atoms with E-state index >= 15 is 0 Å². The van der Waals surface area contributed by atoms with Gasteiger partial charge in [0.25, 0.3) is 5.91 Å². The number of carbonyl (C=O) groups excluding carboxylic acids is 4. The maximum Gasteiger partial charge on any atom is 0.408 e. The average molecular weight is 744 g/mol. The number of rotatable bonds is 13. The van der Waals surface area contributed by atoms with Crippen molar-refractivity contribution in [2.75, 3.05) is 13.7 Å². The molecule has 2 aromatic rings. The molecule has 0 radical (unpaired) electrons. The number of ether oxygens (including phenoxy) is 3. The Bertz CT molecular complexity index is 1810. The van der Waals surface area contributed by atoms with Crippen molar-refractivity contribution in [3.05, 3.63) is 30.5 Å². The molecule has 4 aliphatic rings. The van der Waals surface area contributed by atoms with Crippen molar-refractivity contribution >= 4 is 45.0 Å². The number of nitrogens with zero attached hydrogens (tertiary/aromatic N) is 2. The Balaban J connectivity index is 1.26. The highest BCUT2D eigenvalue weighted by molar-refractivity contribution is 7.85. The molecule has 2 heterocycles. The second-order valence-electron chi connectivity index (χ2n) is 15.4. The van der Waals surface area contributed by atoms with E-state index in [0.29, 0.717) is 41.7 Å². The second-order valence-corrected chi connectivity index (χ2v) is 16.7. The van der Waals surface area contributed by atoms with Gasteiger partial charge in [-0.05, 0) is 74.5 Å². The van der Waals surface area contributed by atoms with Gasteiger partial charge in [0.2, 0.25) is 11.8 Å². The summed E-state index contributed by atoms with van der Waals surface area (Å²) in [6.45, 7) is 7.25. The van der Waals surface area contributed by atoms with Gasteiger partial charge in [-0.15, -0.1) is 0 Å². The van der Waals surface area contributed by atoms with Crippen LogP contribution in [0.4, 0.5) is 4.79 Å². The third kappa shape index (κ3) is 8.38. The molecule has 15 nitrogen and oxygen atoms in total. The van der Waals surface area contributed by atoms with Crippen molar-refractivity contribution < 1.29 is 46.0 Å². The number of nitrogens with one attached hydrogen (secondary N) is 3. The predicted octanol–water partition coefficient (Wildman–Crippen LogP) is 3.50. The summed E-state index contributed by atoms with van der Waals surface area (Å²) in [5, 5.41) is 6.30. The molecule has 1 aliphatic heterocycles. The number of carbonyl (C=O) groups is 4. The Morgan fingerprint density at radius 3 is 2.40 bits per heavy atom. The minimum Gasteiger partial charge on any atom is -0.497 e. The normalized spacial score (nSPS) is 25.3. The number of hydrogen-bond donors (Lipinski definition) is 3. The largest absolute Gasteiger partial charge is 0.497 e. The van der Waals surface area contributed by atoms with Crippen LogP contribution in [0.5, 0.6) is 11.5 Å². The van der Waals surface area contributed by atoms with Crippen LogP contribution in [0.25, 0.3) is 10.9 Å². The minimum absolute atomic E-state index is 0.0111. The van der Waals surface area contributed by atoms with E-state index in [1.54, 1.807) is 52.3 Å². The van der Waals surface area contributed by atoms with E-state index in [9.17, 15) is 27.6 Å². The third-order valence-electron chi connectivity index (χ3n) is 10.4. The van der Waals surface area contributed by atoms with E-state index in [2.05, 4.69) is 15.6 Å². The van der Waals surface area contributed by atoms with Crippen LogP contribution >= 0.6 is 0 Å². The number of aromatic nitrogens is 1. The smallest absolute Gasteiger partial charge is 0.408 e. The second kappa shape index (κ2) is 14.7. The fourth-order valence-corrected chi connectivity index (χ4v) is 8.20. The fraction of sp³-hybridized carbons (Fsp3) is 0.639. The van der Waals surface area contributed by atoms with Crippen LogP contribution in [-0.2, 0) is 33.6 Å². The number of amides is 4. The number of fused-ring (bicyclic) bond motifs is 1. The first kappa shape index (κ1) is 37.6. The first-order chi connectivity index (χ1) is 24.6. The first-order valence-corrected chi connectivity index (χ1v) is 19.5. The molecular formula is C36H49N5O10S. The lowest BCUT2D eigenvalue weighted by Gasteiger charge is -2.35. The SMILES string of the molecule is CCC1C[C@]1(NC(=O)C1C[C@@H](Oc2ccnc3cc(OC)ccc23)CN1C(=O)[C@@H](NC(=O)OC1CCCC1)C(C)(C)C)C(=O)NS(=O)(=O)OC1CC1. The van der Waals surface area contributed by atoms with E-state index in [1.807, 2.05) is 17.7 Å². The van der Waals surface area contributed by atoms with Crippen LogP contribution in [0.15, 0.2) is 30.5 Å². The van der Waals surface area contributed by atoms with Gasteiger partial charge in [-0.3, -0.25) is 23.6 Å². The highest BCUT2D eigenvalue weighted by atomic mass is 32.2. The summed E-state index contributed by atoms with van der Waals surface area (Å²) in [4.78, 5) is 61.1. The number of benzene rings is 1. The van der Waals surface area contributed by atoms with Crippen molar-refractivity contribution in [1.29, 1.82) is 0 Å². The van der Waals surface area contributed by atoms with Gasteiger partial charge in [0.05, 0.1) is 25.3 Å². The van der Waals surface area contributed by atoms with E-state index < -0.39 is 69.4 Å². The zero-order valence-electron chi connectivity index (χ0n) is 30.3. The molecule has 2 unspecified atom stereocenters. The van der Waals surface area contributed by atoms with Crippen molar-refractivity contribution in [1.82, 2.24) is 25.2 Å². The molecule has 3 aliphatic carbocycles. The summed E-state index contributed by atoms with van der Waals surface area (Å²) in [6, 6.07) is 4.87. The highest BCUT2D eigenvalue weighted by Crippen LogP contribution is 2.47. The van der Waals surface area contributed by atoms with Crippen molar-refractivity contribution in [2.24, 2.45) is 11.3 Å². The number of alkyl carbamates (subject to hydrolysis) is 1. The number of pyridine rings is 1. The Morgan fingerprint density at radius 2 is 1.77 bits per heavy atom. The summed E-state index contributed by atoms with van der Waals surface area (Å²) < 4.78 is 49.6. The van der Waals surface area contributed by atoms with Crippen LogP contribution in [0.1, 0.15) is 85.5 Å². The van der Waals surface area contributed by atoms with Gasteiger partial charge in [-0.1, -0.05) is 34.1 Å². The van der Waals surface area contributed by atoms with Crippen LogP contribution in [0, 0.1) is 11.3 Å². The Hall–Kier alpha value is -4.18. The van der Waals surface area contributed by atoms with Crippen molar-refractivity contribution in [3.8, 4) is 11.5 Å². The Morgan fingerprint density at radius 1 is 1.04 bits per heavy atom. The van der Waals surface area contributed by atoms with E-state index in [1.165, 1.54) is 4.90 Å². The zero-order valence-corrected chi connectivity index (χ0v) is 31.1. The molecule has 1 aromatic carbocycles. The van der Waals surface area contributed by atoms with Gasteiger partial charge in [-0.2, -0.15) is 8.42 Å². The molecule has 1 aromatic heterocycles. The molecule has 52 heavy (non-hydrogen) atoms. The molecule has 16 heteroatoms. The van der Waals surface area contributed by atoms with Gasteiger partial charge in [0.1, 0.15) is 41.3 Å². The van der Waals surface area contributed by atoms with Gasteiger partial charge in [-0.25, -0.2) is 9.52 Å². The number of methoxy groups -OCH3 is 1. The predicted molar refractivity (Wildman–Crippen MR) is 188 cm³/mol. The molecule has 6 rings (SSSR count). The Kier molecular flexibility index (Phi) is 10.6. The molecule has 4 fully saturated rings. The van der Waals surface area contributed by atoms with Crippen molar-refractivity contribution in [2.45, 2.75) is 121 Å². The molecule has 0 spiro atoms. The molecule has 5 atom stereocenters. The van der Waals surface area contributed by atoms with Crippen molar-refractivity contribution in [3.63, 3.8) is 0 Å². The van der Waals surface area contributed by atoms with Crippen LogP contribution in [0.2, 0.25) is 0 Å². The molecule has 3 saturated carbocycles. The van der Waals surface area contributed by atoms with E-state index in [0.717, 1.165) is 25.7 Å². The molecule has 284 valence electrons. The lowest BCUT2D eigenvalue weighted by atomic mass is 9.85. The van der Waals surface area contributed by atoms with E-state index in [-0.39, 0.29) is 31.4 Å². The molecular weight excluding hydrogens is 694 g/mol. The topological polar surface area (TPSA) is 192 Å². The summed E-state index contributed by atoms with van der Waals surface area (Å²) in [7, 11) is -2.83. The average Bonchev–Trinajstić information content (AvgIpc) is 3.92. The van der Waals surface area contributed by atoms with Crippen LogP contribution in [0.3, 0.4) is 0 Å². The lowest BCUT2D eigenvalue weighted by Crippen LogP contribution is -2.60. The third-order valence-corrected chi connectivity index (χ3v) is 11.3. The summed E-state index contributed by atoms with van der Waals surface area (Å²) >= 11 is 0. The lowest BCUT2D eigenvalue weighted by molar-refractivity contribution is -0.143. The Labute approximate surface area is 304 Å². The summed E-state index contributed by atoms with van der Waals surface area (Å²) in [5.74, 6) is -1.28. The molecule has 0 bridgehead atoms. The van der Waals surface area contributed by atoms with Crippen LogP contribution in [-0.4, -0.2) is 91.7 Å². The molecule has 4 amide bonds. The quantitative estimate of drug-likeness (QED) is 0.272. The standard InChI is InChI=1S/C36H49N5O10S/c1-6-21-19-36(21,33(44)40-52(46,47)51-23-11-12-23)39-31(42)28-18-25(49-29-15-16-37-27-17-24(48-5)13-14-26(27)29)20-41(28)32(43)30(35(2,3)4)38-34(45)50-22-9-7-8-10-22/h13-17,21-23,25,28,30H,6-12,18-20H2,1-5H3,(H,38,45)(H,39,42)(H,40,44)/t21?,25-,28?,30-,36-/m1/s1. The highest BCUT2D eigenvalue weighted by Gasteiger charge is 2.62. The van der Waals surface area contributed by atoms with Crippen LogP contribution < -0.4 is 24.8 Å². The summed E-state index contributed by atoms with van der Waals surface area (Å²) in [5.41, 5.74) is -1.66. The molecule has 1 saturated heterocycles. The molecule has 3 N–H and O–H groups in total.